The van der Waals surface area contributed by atoms with E-state index in [1.54, 1.807) is 18.5 Å². The Morgan fingerprint density at radius 2 is 2.29 bits per heavy atom. The summed E-state index contributed by atoms with van der Waals surface area (Å²) in [7, 11) is 0. The zero-order chi connectivity index (χ0) is 16.5. The number of pyridine rings is 1. The van der Waals surface area contributed by atoms with Crippen molar-refractivity contribution in [3.63, 3.8) is 0 Å². The molecule has 1 N–H and O–H groups in total. The van der Waals surface area contributed by atoms with Gasteiger partial charge in [0.15, 0.2) is 0 Å². The number of aryl methyl sites for hydroxylation is 1. The Bertz CT molecular complexity index is 715. The van der Waals surface area contributed by atoms with Crippen molar-refractivity contribution in [3.05, 3.63) is 48.0 Å². The Hall–Kier alpha value is -2.34. The van der Waals surface area contributed by atoms with Gasteiger partial charge in [0.1, 0.15) is 11.6 Å². The van der Waals surface area contributed by atoms with Gasteiger partial charge >= 0.3 is 0 Å². The monoisotopic (exact) mass is 327 g/mol. The van der Waals surface area contributed by atoms with Gasteiger partial charge in [0.25, 0.3) is 5.91 Å². The van der Waals surface area contributed by atoms with Crippen molar-refractivity contribution in [2.24, 2.45) is 11.8 Å². The van der Waals surface area contributed by atoms with E-state index in [9.17, 15) is 4.79 Å². The van der Waals surface area contributed by atoms with Crippen molar-refractivity contribution in [2.45, 2.75) is 13.0 Å². The molecule has 0 radical (unpaired) electrons. The largest absolute Gasteiger partial charge is 0.469 e. The molecule has 3 atom stereocenters. The minimum Gasteiger partial charge on any atom is -0.469 e. The van der Waals surface area contributed by atoms with Crippen molar-refractivity contribution >= 4 is 11.7 Å². The number of anilines is 1. The number of likely N-dealkylation sites (tertiary alicyclic amines) is 1. The Kier molecular flexibility index (Phi) is 3.98. The molecule has 2 aromatic rings. The molecule has 126 valence electrons. The van der Waals surface area contributed by atoms with Gasteiger partial charge in [-0.25, -0.2) is 4.98 Å². The summed E-state index contributed by atoms with van der Waals surface area (Å²) in [6.07, 6.45) is 3.48. The van der Waals surface area contributed by atoms with E-state index in [1.165, 1.54) is 0 Å². The minimum absolute atomic E-state index is 0.0377. The summed E-state index contributed by atoms with van der Waals surface area (Å²) in [6, 6.07) is 7.57. The fourth-order valence-corrected chi connectivity index (χ4v) is 3.66. The summed E-state index contributed by atoms with van der Waals surface area (Å²) in [6.45, 7) is 4.77. The molecule has 4 rings (SSSR count). The number of hydrogen-bond acceptors (Lipinski definition) is 5. The molecule has 0 aliphatic carbocycles. The lowest BCUT2D eigenvalue weighted by Gasteiger charge is -2.20. The highest BCUT2D eigenvalue weighted by molar-refractivity contribution is 5.95. The Morgan fingerprint density at radius 1 is 1.38 bits per heavy atom. The highest BCUT2D eigenvalue weighted by Crippen LogP contribution is 2.34. The molecule has 0 unspecified atom stereocenters. The lowest BCUT2D eigenvalue weighted by Crippen LogP contribution is -2.32. The molecular weight excluding hydrogens is 306 g/mol. The summed E-state index contributed by atoms with van der Waals surface area (Å²) in [4.78, 5) is 18.8. The van der Waals surface area contributed by atoms with Gasteiger partial charge in [0, 0.05) is 37.7 Å². The van der Waals surface area contributed by atoms with Gasteiger partial charge in [0.2, 0.25) is 0 Å². The van der Waals surface area contributed by atoms with Gasteiger partial charge < -0.3 is 19.4 Å². The van der Waals surface area contributed by atoms with Crippen LogP contribution in [0.25, 0.3) is 0 Å². The lowest BCUT2D eigenvalue weighted by atomic mass is 9.93. The maximum atomic E-state index is 12.6. The first-order valence-corrected chi connectivity index (χ1v) is 8.32. The van der Waals surface area contributed by atoms with Gasteiger partial charge in [-0.05, 0) is 25.1 Å². The Morgan fingerprint density at radius 3 is 3.04 bits per heavy atom. The number of fused-ring (bicyclic) bond motifs is 1. The van der Waals surface area contributed by atoms with Crippen LogP contribution in [0.5, 0.6) is 0 Å². The van der Waals surface area contributed by atoms with E-state index in [1.807, 2.05) is 30.0 Å². The lowest BCUT2D eigenvalue weighted by molar-refractivity contribution is 0.0679. The molecule has 2 saturated heterocycles. The van der Waals surface area contributed by atoms with Gasteiger partial charge in [-0.3, -0.25) is 4.79 Å². The minimum atomic E-state index is 0.0377. The molecule has 6 heteroatoms. The summed E-state index contributed by atoms with van der Waals surface area (Å²) in [5.74, 6) is 2.35. The quantitative estimate of drug-likeness (QED) is 0.932. The van der Waals surface area contributed by atoms with Crippen LogP contribution in [-0.2, 0) is 4.74 Å². The van der Waals surface area contributed by atoms with E-state index in [2.05, 4.69) is 10.3 Å². The number of rotatable bonds is 4. The average Bonchev–Trinajstić information content (AvgIpc) is 3.29. The molecule has 1 amide bonds. The number of carbonyl (C=O) groups is 1. The number of furan rings is 1. The van der Waals surface area contributed by atoms with Gasteiger partial charge in [-0.1, -0.05) is 6.07 Å². The summed E-state index contributed by atoms with van der Waals surface area (Å²) < 4.78 is 11.2. The van der Waals surface area contributed by atoms with Crippen LogP contribution < -0.4 is 5.32 Å². The van der Waals surface area contributed by atoms with Crippen LogP contribution >= 0.6 is 0 Å². The highest BCUT2D eigenvalue weighted by Gasteiger charge is 2.45. The molecule has 0 aromatic carbocycles. The second-order valence-electron chi connectivity index (χ2n) is 6.49. The summed E-state index contributed by atoms with van der Waals surface area (Å²) >= 11 is 0. The van der Waals surface area contributed by atoms with E-state index in [0.717, 1.165) is 25.5 Å². The normalized spacial score (nSPS) is 25.7. The topological polar surface area (TPSA) is 67.6 Å². The highest BCUT2D eigenvalue weighted by atomic mass is 16.5. The van der Waals surface area contributed by atoms with E-state index < -0.39 is 0 Å². The van der Waals surface area contributed by atoms with E-state index in [0.29, 0.717) is 29.7 Å². The average molecular weight is 327 g/mol. The maximum Gasteiger partial charge on any atom is 0.257 e. The van der Waals surface area contributed by atoms with Crippen LogP contribution in [0.2, 0.25) is 0 Å². The molecule has 0 saturated carbocycles. The molecular formula is C18H21N3O3. The molecule has 2 fully saturated rings. The van der Waals surface area contributed by atoms with Gasteiger partial charge in [-0.2, -0.15) is 0 Å². The van der Waals surface area contributed by atoms with Crippen LogP contribution in [0.3, 0.4) is 0 Å². The van der Waals surface area contributed by atoms with E-state index >= 15 is 0 Å². The second kappa shape index (κ2) is 6.28. The fourth-order valence-electron chi connectivity index (χ4n) is 3.66. The SMILES string of the molecule is Cc1occc1C(=O)N1C[C@H]2[C@H](CNc3ccccn3)CO[C@H]2C1. The van der Waals surface area contributed by atoms with Crippen LogP contribution in [0.15, 0.2) is 41.1 Å². The molecule has 2 aromatic heterocycles. The third kappa shape index (κ3) is 2.78. The fraction of sp³-hybridized carbons (Fsp3) is 0.444. The molecule has 0 bridgehead atoms. The number of carbonyl (C=O) groups excluding carboxylic acids is 1. The number of aromatic nitrogens is 1. The predicted molar refractivity (Wildman–Crippen MR) is 88.8 cm³/mol. The first-order chi connectivity index (χ1) is 11.7. The number of nitrogens with zero attached hydrogens (tertiary/aromatic N) is 2. The first kappa shape index (κ1) is 15.2. The number of ether oxygens (including phenoxy) is 1. The van der Waals surface area contributed by atoms with E-state index in [4.69, 9.17) is 9.15 Å². The maximum absolute atomic E-state index is 12.6. The Labute approximate surface area is 140 Å². The molecule has 0 spiro atoms. The predicted octanol–water partition coefficient (Wildman–Crippen LogP) is 2.18. The van der Waals surface area contributed by atoms with E-state index in [-0.39, 0.29) is 12.0 Å². The van der Waals surface area contributed by atoms with Crippen molar-refractivity contribution in [3.8, 4) is 0 Å². The molecule has 24 heavy (non-hydrogen) atoms. The number of amides is 1. The standard InChI is InChI=1S/C18H21N3O3/c1-12-14(5-7-23-12)18(22)21-9-15-13(11-24-16(15)10-21)8-20-17-4-2-3-6-19-17/h2-7,13,15-16H,8-11H2,1H3,(H,19,20)/t13-,15+,16+/m1/s1. The van der Waals surface area contributed by atoms with Crippen LogP contribution in [0, 0.1) is 18.8 Å². The smallest absolute Gasteiger partial charge is 0.257 e. The zero-order valence-corrected chi connectivity index (χ0v) is 13.6. The molecule has 2 aliphatic heterocycles. The third-order valence-electron chi connectivity index (χ3n) is 5.03. The van der Waals surface area contributed by atoms with Crippen molar-refractivity contribution in [1.29, 1.82) is 0 Å². The first-order valence-electron chi connectivity index (χ1n) is 8.32. The van der Waals surface area contributed by atoms with Crippen LogP contribution in [0.1, 0.15) is 16.1 Å². The van der Waals surface area contributed by atoms with Gasteiger partial charge in [0.05, 0.1) is 24.5 Å². The van der Waals surface area contributed by atoms with Crippen molar-refractivity contribution < 1.29 is 13.9 Å². The Balaban J connectivity index is 1.38. The number of nitrogens with one attached hydrogen (secondary N) is 1. The third-order valence-corrected chi connectivity index (χ3v) is 5.03. The van der Waals surface area contributed by atoms with Crippen molar-refractivity contribution in [2.75, 3.05) is 31.6 Å². The molecule has 4 heterocycles. The van der Waals surface area contributed by atoms with Crippen LogP contribution in [0.4, 0.5) is 5.82 Å². The summed E-state index contributed by atoms with van der Waals surface area (Å²) in [5, 5.41) is 3.37. The zero-order valence-electron chi connectivity index (χ0n) is 13.6. The van der Waals surface area contributed by atoms with Gasteiger partial charge in [-0.15, -0.1) is 0 Å². The molecule has 2 aliphatic rings. The second-order valence-corrected chi connectivity index (χ2v) is 6.49. The van der Waals surface area contributed by atoms with Crippen molar-refractivity contribution in [1.82, 2.24) is 9.88 Å². The summed E-state index contributed by atoms with van der Waals surface area (Å²) in [5.41, 5.74) is 0.651. The molecule has 6 nitrogen and oxygen atoms in total. The number of hydrogen-bond donors (Lipinski definition) is 1. The van der Waals surface area contributed by atoms with Crippen LogP contribution in [-0.4, -0.2) is 48.1 Å².